The predicted molar refractivity (Wildman–Crippen MR) is 239 cm³/mol. The van der Waals surface area contributed by atoms with Gasteiger partial charge >= 0.3 is 18.0 Å². The molecule has 3 aliphatic heterocycles. The monoisotopic (exact) mass is 840 g/mol. The molecule has 61 heavy (non-hydrogen) atoms. The summed E-state index contributed by atoms with van der Waals surface area (Å²) in [6.07, 6.45) is -0.200. The Bertz CT molecular complexity index is 1820. The van der Waals surface area contributed by atoms with Crippen LogP contribution >= 0.6 is 0 Å². The van der Waals surface area contributed by atoms with E-state index in [2.05, 4.69) is 22.9 Å². The maximum Gasteiger partial charge on any atom is 0.410 e. The van der Waals surface area contributed by atoms with Crippen molar-refractivity contribution in [3.05, 3.63) is 144 Å². The first-order valence-corrected chi connectivity index (χ1v) is 20.1. The smallest absolute Gasteiger partial charge is 0.410 e. The van der Waals surface area contributed by atoms with Gasteiger partial charge in [0.05, 0.1) is 11.1 Å². The van der Waals surface area contributed by atoms with E-state index in [9.17, 15) is 24.0 Å². The van der Waals surface area contributed by atoms with Crippen LogP contribution in [0.4, 0.5) is 4.79 Å². The predicted octanol–water partition coefficient (Wildman–Crippen LogP) is 6.08. The van der Waals surface area contributed by atoms with Crippen molar-refractivity contribution < 1.29 is 38.9 Å². The van der Waals surface area contributed by atoms with E-state index in [0.717, 1.165) is 83.1 Å². The minimum absolute atomic E-state index is 0. The molecule has 5 N–H and O–H groups in total. The molecule has 0 radical (unpaired) electrons. The lowest BCUT2D eigenvalue weighted by atomic mass is 10.1. The number of nitrogens with zero attached hydrogens (tertiary/aromatic N) is 3. The number of piperazine rings is 3. The summed E-state index contributed by atoms with van der Waals surface area (Å²) in [6.45, 7) is 16.9. The number of benzene rings is 4. The molecule has 330 valence electrons. The zero-order valence-corrected chi connectivity index (χ0v) is 35.1. The molecular formula is C47H64N6O8. The highest BCUT2D eigenvalue weighted by Gasteiger charge is 2.23. The number of hydrogen-bond donors (Lipinski definition) is 5. The van der Waals surface area contributed by atoms with E-state index in [0.29, 0.717) is 17.2 Å². The van der Waals surface area contributed by atoms with Crippen molar-refractivity contribution in [2.24, 2.45) is 0 Å². The Kier molecular flexibility index (Phi) is 23.1. The van der Waals surface area contributed by atoms with Crippen molar-refractivity contribution in [1.29, 1.82) is 0 Å². The molecule has 0 aromatic heterocycles. The molecule has 14 heteroatoms. The van der Waals surface area contributed by atoms with Gasteiger partial charge in [0.1, 0.15) is 5.60 Å². The van der Waals surface area contributed by atoms with E-state index in [-0.39, 0.29) is 30.9 Å². The van der Waals surface area contributed by atoms with Gasteiger partial charge in [-0.3, -0.25) is 9.59 Å². The largest absolute Gasteiger partial charge is 0.478 e. The Morgan fingerprint density at radius 3 is 1.18 bits per heavy atom. The Labute approximate surface area is 360 Å². The van der Waals surface area contributed by atoms with E-state index < -0.39 is 11.9 Å². The van der Waals surface area contributed by atoms with Crippen molar-refractivity contribution in [2.75, 3.05) is 72.0 Å². The first-order chi connectivity index (χ1) is 28.7. The minimum atomic E-state index is -0.879. The molecule has 1 atom stereocenters. The van der Waals surface area contributed by atoms with E-state index in [1.54, 1.807) is 65.6 Å². The second-order valence-corrected chi connectivity index (χ2v) is 14.9. The first-order valence-electron chi connectivity index (χ1n) is 20.1. The third kappa shape index (κ3) is 20.1. The van der Waals surface area contributed by atoms with Gasteiger partial charge in [-0.25, -0.2) is 14.4 Å². The Morgan fingerprint density at radius 2 is 0.852 bits per heavy atom. The lowest BCUT2D eigenvalue weighted by Gasteiger charge is -2.31. The fraction of sp³-hybridized carbons (Fsp3) is 0.383. The number of rotatable bonds is 4. The molecular weight excluding hydrogens is 777 g/mol. The molecule has 0 spiro atoms. The zero-order chi connectivity index (χ0) is 43.8. The molecule has 3 heterocycles. The first kappa shape index (κ1) is 51.1. The number of carboxylic acid groups (broad SMARTS) is 2. The summed E-state index contributed by atoms with van der Waals surface area (Å²) in [5, 5.41) is 26.5. The second kappa shape index (κ2) is 27.6. The molecule has 3 amide bonds. The SMILES string of the molecule is C.CC(C)(C)OC(=O)N1CCNCC1.C[C@@H]1CN(C(=O)c2ccccc2)CCN1.O=C(O)c1ccccc1.O=C(O)c1ccccc1.O=C(c1ccccc1)N1CCNCC1. The average Bonchev–Trinajstić information content (AvgIpc) is 3.28. The molecule has 4 aromatic rings. The number of aromatic carboxylic acids is 2. The van der Waals surface area contributed by atoms with Crippen LogP contribution in [0, 0.1) is 0 Å². The van der Waals surface area contributed by atoms with Crippen molar-refractivity contribution in [2.45, 2.75) is 46.8 Å². The lowest BCUT2D eigenvalue weighted by molar-refractivity contribution is 0.0228. The van der Waals surface area contributed by atoms with Crippen molar-refractivity contribution in [3.63, 3.8) is 0 Å². The number of amides is 3. The summed E-state index contributed by atoms with van der Waals surface area (Å²) in [5.74, 6) is -1.47. The highest BCUT2D eigenvalue weighted by atomic mass is 16.6. The van der Waals surface area contributed by atoms with E-state index in [4.69, 9.17) is 14.9 Å². The van der Waals surface area contributed by atoms with Gasteiger partial charge < -0.3 is 45.6 Å². The van der Waals surface area contributed by atoms with E-state index in [1.807, 2.05) is 91.2 Å². The molecule has 14 nitrogen and oxygen atoms in total. The van der Waals surface area contributed by atoms with Gasteiger partial charge in [-0.1, -0.05) is 80.2 Å². The summed E-state index contributed by atoms with van der Waals surface area (Å²) in [6, 6.07) is 35.9. The van der Waals surface area contributed by atoms with Gasteiger partial charge in [0.2, 0.25) is 0 Å². The molecule has 4 aromatic carbocycles. The summed E-state index contributed by atoms with van der Waals surface area (Å²) in [5.41, 5.74) is 1.85. The van der Waals surface area contributed by atoms with E-state index in [1.165, 1.54) is 0 Å². The van der Waals surface area contributed by atoms with Crippen LogP contribution in [-0.2, 0) is 4.74 Å². The van der Waals surface area contributed by atoms with Crippen molar-refractivity contribution in [1.82, 2.24) is 30.7 Å². The van der Waals surface area contributed by atoms with Gasteiger partial charge in [-0.15, -0.1) is 0 Å². The highest BCUT2D eigenvalue weighted by molar-refractivity contribution is 5.95. The van der Waals surface area contributed by atoms with Gasteiger partial charge in [0.25, 0.3) is 11.8 Å². The Balaban J connectivity index is 0.000000265. The summed E-state index contributed by atoms with van der Waals surface area (Å²) in [7, 11) is 0. The van der Waals surface area contributed by atoms with Crippen molar-refractivity contribution in [3.8, 4) is 0 Å². The number of nitrogens with one attached hydrogen (secondary N) is 3. The van der Waals surface area contributed by atoms with Crippen LogP contribution in [0.1, 0.15) is 76.6 Å². The average molecular weight is 841 g/mol. The van der Waals surface area contributed by atoms with Crippen LogP contribution in [0.5, 0.6) is 0 Å². The highest BCUT2D eigenvalue weighted by Crippen LogP contribution is 2.11. The van der Waals surface area contributed by atoms with E-state index >= 15 is 0 Å². The van der Waals surface area contributed by atoms with Crippen LogP contribution in [0.15, 0.2) is 121 Å². The van der Waals surface area contributed by atoms with Gasteiger partial charge in [-0.2, -0.15) is 0 Å². The van der Waals surface area contributed by atoms with Gasteiger partial charge in [-0.05, 0) is 76.2 Å². The standard InChI is InChI=1S/C12H16N2O.C11H14N2O.C9H18N2O2.2C7H6O2.CH4/c1-10-9-14(8-7-13-10)12(15)11-5-3-2-4-6-11;14-11(10-4-2-1-3-5-10)13-8-6-12-7-9-13;1-9(2,3)13-8(12)11-6-4-10-5-7-11;2*8-7(9)6-4-2-1-3-5-6;/h2-6,10,13H,7-9H2,1H3;1-5,12H,6-9H2;10H,4-7H2,1-3H3;2*1-5H,(H,8,9);1H4/t10-;;;;;/m1...../s1. The fourth-order valence-corrected chi connectivity index (χ4v) is 5.85. The molecule has 0 aliphatic carbocycles. The van der Waals surface area contributed by atoms with Crippen LogP contribution < -0.4 is 16.0 Å². The second-order valence-electron chi connectivity index (χ2n) is 14.9. The third-order valence-corrected chi connectivity index (χ3v) is 8.91. The normalized spacial score (nSPS) is 15.7. The van der Waals surface area contributed by atoms with Crippen molar-refractivity contribution >= 4 is 29.8 Å². The summed E-state index contributed by atoms with van der Waals surface area (Å²) >= 11 is 0. The molecule has 7 rings (SSSR count). The van der Waals surface area contributed by atoms with Crippen LogP contribution in [0.25, 0.3) is 0 Å². The molecule has 3 saturated heterocycles. The molecule has 3 fully saturated rings. The molecule has 0 bridgehead atoms. The maximum atomic E-state index is 12.0. The van der Waals surface area contributed by atoms with Crippen LogP contribution in [-0.4, -0.2) is 138 Å². The lowest BCUT2D eigenvalue weighted by Crippen LogP contribution is -2.51. The van der Waals surface area contributed by atoms with Gasteiger partial charge in [0, 0.05) is 89.2 Å². The molecule has 3 aliphatic rings. The Morgan fingerprint density at radius 1 is 0.525 bits per heavy atom. The third-order valence-electron chi connectivity index (χ3n) is 8.91. The number of carbonyl (C=O) groups is 5. The topological polar surface area (TPSA) is 181 Å². The number of hydrogen-bond acceptors (Lipinski definition) is 9. The fourth-order valence-electron chi connectivity index (χ4n) is 5.85. The number of ether oxygens (including phenoxy) is 1. The zero-order valence-electron chi connectivity index (χ0n) is 35.1. The Hall–Kier alpha value is -6.09. The maximum absolute atomic E-state index is 12.0. The van der Waals surface area contributed by atoms with Crippen LogP contribution in [0.3, 0.4) is 0 Å². The summed E-state index contributed by atoms with van der Waals surface area (Å²) in [4.78, 5) is 61.4. The quantitative estimate of drug-likeness (QED) is 0.161. The van der Waals surface area contributed by atoms with Crippen LogP contribution in [0.2, 0.25) is 0 Å². The minimum Gasteiger partial charge on any atom is -0.478 e. The number of carbonyl (C=O) groups excluding carboxylic acids is 3. The number of carboxylic acids is 2. The molecule has 0 saturated carbocycles. The summed E-state index contributed by atoms with van der Waals surface area (Å²) < 4.78 is 5.24. The molecule has 0 unspecified atom stereocenters. The van der Waals surface area contributed by atoms with Gasteiger partial charge in [0.15, 0.2) is 0 Å².